The number of hydrogen-bond acceptors (Lipinski definition) is 7. The van der Waals surface area contributed by atoms with Crippen LogP contribution >= 0.6 is 0 Å². The van der Waals surface area contributed by atoms with Crippen LogP contribution in [0.1, 0.15) is 52.1 Å². The van der Waals surface area contributed by atoms with Gasteiger partial charge in [-0.3, -0.25) is 4.79 Å². The van der Waals surface area contributed by atoms with E-state index in [1.165, 1.54) is 24.5 Å². The van der Waals surface area contributed by atoms with Crippen molar-refractivity contribution in [1.82, 2.24) is 14.3 Å². The predicted octanol–water partition coefficient (Wildman–Crippen LogP) is 5.33. The Hall–Kier alpha value is -3.58. The summed E-state index contributed by atoms with van der Waals surface area (Å²) < 4.78 is 88.0. The molecule has 0 saturated heterocycles. The van der Waals surface area contributed by atoms with Gasteiger partial charge in [0.1, 0.15) is 11.6 Å². The molecular weight excluding hydrogens is 552 g/mol. The van der Waals surface area contributed by atoms with Crippen molar-refractivity contribution < 1.29 is 35.5 Å². The lowest BCUT2D eigenvalue weighted by atomic mass is 9.93. The molecule has 40 heavy (non-hydrogen) atoms. The Kier molecular flexibility index (Phi) is 8.18. The molecule has 8 nitrogen and oxygen atoms in total. The number of ether oxygens (including phenoxy) is 1. The molecule has 1 aliphatic carbocycles. The van der Waals surface area contributed by atoms with E-state index in [-0.39, 0.29) is 41.5 Å². The Bertz CT molecular complexity index is 1550. The van der Waals surface area contributed by atoms with Gasteiger partial charge in [-0.15, -0.1) is 0 Å². The Morgan fingerprint density at radius 2 is 1.93 bits per heavy atom. The second-order valence-corrected chi connectivity index (χ2v) is 11.6. The third kappa shape index (κ3) is 5.94. The first-order valence-corrected chi connectivity index (χ1v) is 14.2. The van der Waals surface area contributed by atoms with Crippen LogP contribution in [0.4, 0.5) is 29.2 Å². The second kappa shape index (κ2) is 11.1. The number of nitrogens with zero attached hydrogens (tertiary/aromatic N) is 3. The summed E-state index contributed by atoms with van der Waals surface area (Å²) in [6, 6.07) is 8.64. The number of fused-ring (bicyclic) bond motifs is 1. The first kappa shape index (κ1) is 29.4. The Morgan fingerprint density at radius 3 is 2.55 bits per heavy atom. The molecule has 2 aromatic carbocycles. The number of nitrogens with one attached hydrogen (secondary N) is 1. The number of aromatic nitrogens is 2. The van der Waals surface area contributed by atoms with Gasteiger partial charge in [0.05, 0.1) is 41.9 Å². The lowest BCUT2D eigenvalue weighted by Gasteiger charge is -2.29. The van der Waals surface area contributed by atoms with E-state index < -0.39 is 45.3 Å². The van der Waals surface area contributed by atoms with E-state index in [4.69, 9.17) is 4.74 Å². The number of alkyl halides is 3. The van der Waals surface area contributed by atoms with Crippen LogP contribution in [-0.2, 0) is 29.0 Å². The van der Waals surface area contributed by atoms with Crippen LogP contribution in [0.2, 0.25) is 0 Å². The van der Waals surface area contributed by atoms with Crippen molar-refractivity contribution in [2.24, 2.45) is 5.92 Å². The smallest absolute Gasteiger partial charge is 0.419 e. The third-order valence-electron chi connectivity index (χ3n) is 7.00. The number of carbonyl (C=O) groups excluding carboxylic acids is 1. The summed E-state index contributed by atoms with van der Waals surface area (Å²) in [5.74, 6) is -2.00. The molecule has 0 spiro atoms. The molecular formula is C27H28F4N4O4S. The normalized spacial score (nSPS) is 17.1. The highest BCUT2D eigenvalue weighted by atomic mass is 32.2. The van der Waals surface area contributed by atoms with Crippen molar-refractivity contribution in [3.8, 4) is 5.75 Å². The number of carbonyl (C=O) groups is 1. The second-order valence-electron chi connectivity index (χ2n) is 9.58. The van der Waals surface area contributed by atoms with Gasteiger partial charge >= 0.3 is 6.18 Å². The van der Waals surface area contributed by atoms with Gasteiger partial charge in [0.15, 0.2) is 5.78 Å². The minimum absolute atomic E-state index is 0.0151. The summed E-state index contributed by atoms with van der Waals surface area (Å²) in [4.78, 5) is 20.0. The van der Waals surface area contributed by atoms with Crippen molar-refractivity contribution in [3.63, 3.8) is 0 Å². The zero-order chi connectivity index (χ0) is 29.4. The average molecular weight is 581 g/mol. The zero-order valence-corrected chi connectivity index (χ0v) is 23.0. The molecule has 0 bridgehead atoms. The number of sulfonamides is 1. The summed E-state index contributed by atoms with van der Waals surface area (Å²) in [5.41, 5.74) is 0.00465. The lowest BCUT2D eigenvalue weighted by molar-refractivity contribution is -0.138. The molecule has 13 heteroatoms. The van der Waals surface area contributed by atoms with Gasteiger partial charge < -0.3 is 10.1 Å². The quantitative estimate of drug-likeness (QED) is 0.270. The van der Waals surface area contributed by atoms with Gasteiger partial charge in [-0.05, 0) is 36.0 Å². The number of anilines is 2. The Labute approximate surface area is 229 Å². The van der Waals surface area contributed by atoms with Crippen molar-refractivity contribution in [2.75, 3.05) is 25.7 Å². The van der Waals surface area contributed by atoms with Gasteiger partial charge in [-0.25, -0.2) is 22.8 Å². The molecule has 2 atom stereocenters. The summed E-state index contributed by atoms with van der Waals surface area (Å²) in [7, 11) is -0.970. The van der Waals surface area contributed by atoms with E-state index in [1.807, 2.05) is 6.07 Å². The number of ketones is 1. The summed E-state index contributed by atoms with van der Waals surface area (Å²) in [5, 5.41) is 2.70. The highest BCUT2D eigenvalue weighted by Gasteiger charge is 2.41. The largest absolute Gasteiger partial charge is 0.495 e. The summed E-state index contributed by atoms with van der Waals surface area (Å²) >= 11 is 0. The van der Waals surface area contributed by atoms with E-state index in [0.717, 1.165) is 23.4 Å². The number of Topliss-reactive ketones (excluding diaryl/α,β-unsaturated/α-hetero) is 1. The van der Waals surface area contributed by atoms with Gasteiger partial charge in [0, 0.05) is 25.7 Å². The van der Waals surface area contributed by atoms with Gasteiger partial charge in [-0.1, -0.05) is 31.2 Å². The molecule has 0 aliphatic heterocycles. The highest BCUT2D eigenvalue weighted by Crippen LogP contribution is 2.43. The van der Waals surface area contributed by atoms with Crippen LogP contribution in [0.15, 0.2) is 42.6 Å². The maximum atomic E-state index is 14.7. The van der Waals surface area contributed by atoms with Crippen LogP contribution in [-0.4, -0.2) is 48.9 Å². The molecule has 214 valence electrons. The van der Waals surface area contributed by atoms with E-state index in [2.05, 4.69) is 15.3 Å². The van der Waals surface area contributed by atoms with Crippen LogP contribution in [0.5, 0.6) is 5.75 Å². The first-order valence-electron chi connectivity index (χ1n) is 12.4. The van der Waals surface area contributed by atoms with E-state index in [1.54, 1.807) is 25.1 Å². The Balaban J connectivity index is 1.73. The SMILES string of the molecule is CCC(=O)c1cc(OC)c(Nc2ncc(C(F)(F)F)c(C[C@@H]3Cc4ccccc4[C@H]3N(C)S(C)(=O)=O)n2)cc1F. The fourth-order valence-corrected chi connectivity index (χ4v) is 5.70. The average Bonchev–Trinajstić information content (AvgIpc) is 3.24. The zero-order valence-electron chi connectivity index (χ0n) is 22.2. The van der Waals surface area contributed by atoms with Crippen LogP contribution in [0.25, 0.3) is 0 Å². The van der Waals surface area contributed by atoms with Crippen molar-refractivity contribution in [3.05, 3.63) is 76.4 Å². The van der Waals surface area contributed by atoms with Crippen molar-refractivity contribution in [1.29, 1.82) is 0 Å². The third-order valence-corrected chi connectivity index (χ3v) is 8.28. The van der Waals surface area contributed by atoms with Crippen LogP contribution in [0.3, 0.4) is 0 Å². The monoisotopic (exact) mass is 580 g/mol. The van der Waals surface area contributed by atoms with Crippen molar-refractivity contribution >= 4 is 27.4 Å². The number of benzene rings is 2. The standard InChI is InChI=1S/C27H28F4N4O4S/c1-5-23(36)18-12-24(39-3)22(13-20(18)28)34-26-32-14-19(27(29,30)31)21(33-26)11-16-10-15-8-6-7-9-17(15)25(16)35(2)40(4,37)38/h6-9,12-14,16,25H,5,10-11H2,1-4H3,(H,32,33,34)/t16-,25-/m0/s1. The van der Waals surface area contributed by atoms with E-state index in [9.17, 15) is 30.8 Å². The molecule has 4 rings (SSSR count). The van der Waals surface area contributed by atoms with Gasteiger partial charge in [0.25, 0.3) is 0 Å². The van der Waals surface area contributed by atoms with E-state index in [0.29, 0.717) is 12.6 Å². The van der Waals surface area contributed by atoms with Crippen LogP contribution < -0.4 is 10.1 Å². The molecule has 0 radical (unpaired) electrons. The maximum Gasteiger partial charge on any atom is 0.419 e. The molecule has 1 N–H and O–H groups in total. The fraction of sp³-hybridized carbons (Fsp3) is 0.370. The minimum atomic E-state index is -4.77. The molecule has 1 aromatic heterocycles. The number of methoxy groups -OCH3 is 1. The molecule has 0 fully saturated rings. The fourth-order valence-electron chi connectivity index (χ4n) is 5.00. The molecule has 0 saturated carbocycles. The predicted molar refractivity (Wildman–Crippen MR) is 141 cm³/mol. The van der Waals surface area contributed by atoms with E-state index >= 15 is 0 Å². The molecule has 0 amide bonds. The summed E-state index contributed by atoms with van der Waals surface area (Å²) in [6.07, 6.45) is -2.88. The molecule has 1 aliphatic rings. The highest BCUT2D eigenvalue weighted by molar-refractivity contribution is 7.88. The first-order chi connectivity index (χ1) is 18.7. The maximum absolute atomic E-state index is 14.7. The topological polar surface area (TPSA) is 101 Å². The van der Waals surface area contributed by atoms with Gasteiger partial charge in [-0.2, -0.15) is 17.5 Å². The molecule has 0 unspecified atom stereocenters. The van der Waals surface area contributed by atoms with Crippen LogP contribution in [0, 0.1) is 11.7 Å². The van der Waals surface area contributed by atoms with Gasteiger partial charge in [0.2, 0.25) is 16.0 Å². The minimum Gasteiger partial charge on any atom is -0.495 e. The molecule has 1 heterocycles. The number of halogens is 4. The Morgan fingerprint density at radius 1 is 1.23 bits per heavy atom. The van der Waals surface area contributed by atoms with Crippen molar-refractivity contribution in [2.45, 2.75) is 38.4 Å². The molecule has 3 aromatic rings. The summed E-state index contributed by atoms with van der Waals surface area (Å²) in [6.45, 7) is 1.58. The number of hydrogen-bond donors (Lipinski definition) is 1. The number of rotatable bonds is 9. The lowest BCUT2D eigenvalue weighted by Crippen LogP contribution is -2.34.